The van der Waals surface area contributed by atoms with Crippen molar-refractivity contribution in [3.8, 4) is 0 Å². The summed E-state index contributed by atoms with van der Waals surface area (Å²) in [5, 5.41) is 18.2. The highest BCUT2D eigenvalue weighted by atomic mass is 32.2. The normalized spacial score (nSPS) is 15.5. The fraction of sp³-hybridized carbons (Fsp3) is 0.786. The van der Waals surface area contributed by atoms with Gasteiger partial charge in [-0.1, -0.05) is 37.9 Å². The van der Waals surface area contributed by atoms with Crippen molar-refractivity contribution in [3.63, 3.8) is 0 Å². The van der Waals surface area contributed by atoms with E-state index in [1.54, 1.807) is 0 Å². The Kier molecular flexibility index (Phi) is 5.90. The Bertz CT molecular complexity index is 472. The van der Waals surface area contributed by atoms with E-state index >= 15 is 0 Å². The van der Waals surface area contributed by atoms with Gasteiger partial charge in [-0.15, -0.1) is 10.2 Å². The van der Waals surface area contributed by atoms with Gasteiger partial charge in [-0.3, -0.25) is 9.36 Å². The van der Waals surface area contributed by atoms with Crippen LogP contribution in [0.5, 0.6) is 0 Å². The molecule has 1 saturated carbocycles. The molecule has 118 valence electrons. The quantitative estimate of drug-likeness (QED) is 0.744. The zero-order valence-corrected chi connectivity index (χ0v) is 13.6. The second-order valence-corrected chi connectivity index (χ2v) is 6.49. The summed E-state index contributed by atoms with van der Waals surface area (Å²) in [6.07, 6.45) is 6.97. The summed E-state index contributed by atoms with van der Waals surface area (Å²) in [7, 11) is 2.04. The van der Waals surface area contributed by atoms with Gasteiger partial charge in [0.2, 0.25) is 5.95 Å². The van der Waals surface area contributed by atoms with Crippen LogP contribution >= 0.6 is 11.8 Å². The Morgan fingerprint density at radius 1 is 1.43 bits per heavy atom. The van der Waals surface area contributed by atoms with Crippen molar-refractivity contribution in [1.82, 2.24) is 14.8 Å². The number of carbonyl (C=O) groups is 1. The molecule has 0 aliphatic heterocycles. The van der Waals surface area contributed by atoms with Crippen LogP contribution in [-0.2, 0) is 4.79 Å². The van der Waals surface area contributed by atoms with Gasteiger partial charge in [-0.05, 0) is 19.3 Å². The lowest BCUT2D eigenvalue weighted by molar-refractivity contribution is -0.133. The summed E-state index contributed by atoms with van der Waals surface area (Å²) >= 11 is 1.27. The van der Waals surface area contributed by atoms with E-state index < -0.39 is 5.97 Å². The lowest BCUT2D eigenvalue weighted by atomic mass is 10.2. The van der Waals surface area contributed by atoms with Gasteiger partial charge < -0.3 is 10.0 Å². The number of thioether (sulfide) groups is 1. The van der Waals surface area contributed by atoms with E-state index in [-0.39, 0.29) is 5.75 Å². The average Bonchev–Trinajstić information content (AvgIpc) is 3.10. The Labute approximate surface area is 129 Å². The van der Waals surface area contributed by atoms with Crippen LogP contribution in [0.25, 0.3) is 0 Å². The third-order valence-corrected chi connectivity index (χ3v) is 4.78. The van der Waals surface area contributed by atoms with Gasteiger partial charge in [-0.2, -0.15) is 0 Å². The second kappa shape index (κ2) is 7.68. The van der Waals surface area contributed by atoms with Crippen molar-refractivity contribution in [3.05, 3.63) is 0 Å². The highest BCUT2D eigenvalue weighted by Crippen LogP contribution is 2.36. The fourth-order valence-electron chi connectivity index (χ4n) is 2.73. The molecule has 1 heterocycles. The van der Waals surface area contributed by atoms with Gasteiger partial charge in [-0.25, -0.2) is 0 Å². The summed E-state index contributed by atoms with van der Waals surface area (Å²) in [6.45, 7) is 3.12. The van der Waals surface area contributed by atoms with E-state index in [0.29, 0.717) is 6.04 Å². The van der Waals surface area contributed by atoms with Crippen LogP contribution < -0.4 is 4.90 Å². The third kappa shape index (κ3) is 4.12. The Morgan fingerprint density at radius 2 is 2.14 bits per heavy atom. The molecule has 0 bridgehead atoms. The van der Waals surface area contributed by atoms with E-state index in [2.05, 4.69) is 26.6 Å². The first-order valence-corrected chi connectivity index (χ1v) is 8.62. The van der Waals surface area contributed by atoms with Crippen molar-refractivity contribution >= 4 is 23.7 Å². The van der Waals surface area contributed by atoms with Crippen LogP contribution in [0.15, 0.2) is 5.16 Å². The smallest absolute Gasteiger partial charge is 0.313 e. The number of hydrogen-bond acceptors (Lipinski definition) is 5. The summed E-state index contributed by atoms with van der Waals surface area (Å²) in [6, 6.07) is 0.412. The molecule has 7 heteroatoms. The van der Waals surface area contributed by atoms with Gasteiger partial charge in [0.25, 0.3) is 0 Å². The van der Waals surface area contributed by atoms with Crippen LogP contribution in [0.2, 0.25) is 0 Å². The van der Waals surface area contributed by atoms with Crippen LogP contribution in [0.4, 0.5) is 5.95 Å². The zero-order chi connectivity index (χ0) is 15.2. The van der Waals surface area contributed by atoms with Gasteiger partial charge in [0, 0.05) is 19.6 Å². The second-order valence-electron chi connectivity index (χ2n) is 5.55. The van der Waals surface area contributed by atoms with Gasteiger partial charge in [0.1, 0.15) is 0 Å². The molecule has 0 radical (unpaired) electrons. The molecule has 0 aromatic carbocycles. The van der Waals surface area contributed by atoms with E-state index in [0.717, 1.165) is 43.3 Å². The fourth-order valence-corrected chi connectivity index (χ4v) is 3.45. The maximum atomic E-state index is 10.8. The Balaban J connectivity index is 2.20. The number of carboxylic acid groups (broad SMARTS) is 1. The number of anilines is 1. The lowest BCUT2D eigenvalue weighted by Gasteiger charge is -2.22. The zero-order valence-electron chi connectivity index (χ0n) is 12.8. The van der Waals surface area contributed by atoms with Crippen molar-refractivity contribution in [1.29, 1.82) is 0 Å². The van der Waals surface area contributed by atoms with E-state index in [4.69, 9.17) is 5.11 Å². The van der Waals surface area contributed by atoms with Crippen molar-refractivity contribution in [2.75, 3.05) is 24.2 Å². The van der Waals surface area contributed by atoms with E-state index in [1.807, 2.05) is 7.05 Å². The molecule has 1 aromatic rings. The number of carboxylic acids is 1. The molecule has 1 aliphatic rings. The monoisotopic (exact) mass is 312 g/mol. The number of unbranched alkanes of at least 4 members (excludes halogenated alkanes) is 1. The summed E-state index contributed by atoms with van der Waals surface area (Å²) in [4.78, 5) is 12.9. The number of aliphatic carboxylic acids is 1. The number of nitrogens with zero attached hydrogens (tertiary/aromatic N) is 4. The molecular weight excluding hydrogens is 288 g/mol. The number of aromatic nitrogens is 3. The molecule has 0 saturated heterocycles. The van der Waals surface area contributed by atoms with Gasteiger partial charge in [0.15, 0.2) is 5.16 Å². The molecule has 1 aliphatic carbocycles. The molecule has 21 heavy (non-hydrogen) atoms. The maximum Gasteiger partial charge on any atom is 0.313 e. The molecule has 0 amide bonds. The minimum absolute atomic E-state index is 0.0313. The third-order valence-electron chi connectivity index (χ3n) is 3.85. The lowest BCUT2D eigenvalue weighted by Crippen LogP contribution is -2.24. The van der Waals surface area contributed by atoms with Crippen LogP contribution in [0.3, 0.4) is 0 Å². The molecule has 1 fully saturated rings. The molecule has 1 aromatic heterocycles. The molecule has 1 N–H and O–H groups in total. The number of hydrogen-bond donors (Lipinski definition) is 1. The Hall–Kier alpha value is -1.24. The molecule has 0 unspecified atom stereocenters. The molecule has 2 rings (SSSR count). The van der Waals surface area contributed by atoms with E-state index in [9.17, 15) is 4.79 Å². The highest BCUT2D eigenvalue weighted by Gasteiger charge is 2.26. The summed E-state index contributed by atoms with van der Waals surface area (Å²) < 4.78 is 2.16. The standard InChI is InChI=1S/C14H24N4O2S/c1-3-4-9-17(2)13-15-16-14(21-10-12(19)20)18(13)11-7-5-6-8-11/h11H,3-10H2,1-2H3,(H,19,20). The first-order chi connectivity index (χ1) is 10.1. The number of rotatable bonds is 8. The predicted octanol–water partition coefficient (Wildman–Crippen LogP) is 2.81. The SMILES string of the molecule is CCCCN(C)c1nnc(SCC(=O)O)n1C1CCCC1. The van der Waals surface area contributed by atoms with Gasteiger partial charge in [0.05, 0.1) is 5.75 Å². The molecule has 0 spiro atoms. The van der Waals surface area contributed by atoms with Crippen molar-refractivity contribution in [2.24, 2.45) is 0 Å². The van der Waals surface area contributed by atoms with Crippen molar-refractivity contribution < 1.29 is 9.90 Å². The average molecular weight is 312 g/mol. The van der Waals surface area contributed by atoms with Crippen molar-refractivity contribution in [2.45, 2.75) is 56.6 Å². The van der Waals surface area contributed by atoms with Gasteiger partial charge >= 0.3 is 5.97 Å². The summed E-state index contributed by atoms with van der Waals surface area (Å²) in [5.74, 6) is 0.0916. The maximum absolute atomic E-state index is 10.8. The molecule has 6 nitrogen and oxygen atoms in total. The molecular formula is C14H24N4O2S. The van der Waals surface area contributed by atoms with E-state index in [1.165, 1.54) is 24.6 Å². The minimum atomic E-state index is -0.818. The summed E-state index contributed by atoms with van der Waals surface area (Å²) in [5.41, 5.74) is 0. The minimum Gasteiger partial charge on any atom is -0.481 e. The first kappa shape index (κ1) is 16.1. The molecule has 0 atom stereocenters. The van der Waals surface area contributed by atoms with Crippen LogP contribution in [-0.4, -0.2) is 45.2 Å². The highest BCUT2D eigenvalue weighted by molar-refractivity contribution is 7.99. The largest absolute Gasteiger partial charge is 0.481 e. The first-order valence-electron chi connectivity index (χ1n) is 7.64. The predicted molar refractivity (Wildman–Crippen MR) is 84.1 cm³/mol. The Morgan fingerprint density at radius 3 is 2.76 bits per heavy atom. The topological polar surface area (TPSA) is 71.2 Å². The van der Waals surface area contributed by atoms with Crippen LogP contribution in [0.1, 0.15) is 51.5 Å². The van der Waals surface area contributed by atoms with Crippen LogP contribution in [0, 0.1) is 0 Å².